The molecule has 1 N–H and O–H groups in total. The van der Waals surface area contributed by atoms with E-state index in [-0.39, 0.29) is 0 Å². The minimum Gasteiger partial charge on any atom is -0.309 e. The molecule has 2 aromatic heterocycles. The first kappa shape index (κ1) is 14.4. The van der Waals surface area contributed by atoms with E-state index in [2.05, 4.69) is 60.5 Å². The quantitative estimate of drug-likeness (QED) is 0.878. The molecule has 2 aromatic rings. The Kier molecular flexibility index (Phi) is 4.91. The van der Waals surface area contributed by atoms with Gasteiger partial charge >= 0.3 is 0 Å². The minimum absolute atomic E-state index is 0.347. The highest BCUT2D eigenvalue weighted by molar-refractivity contribution is 7.17. The summed E-state index contributed by atoms with van der Waals surface area (Å²) in [6, 6.07) is 5.26. The Bertz CT molecular complexity index is 521. The second kappa shape index (κ2) is 6.46. The van der Waals surface area contributed by atoms with Crippen LogP contribution in [0.25, 0.3) is 10.2 Å². The standard InChI is InChI=1S/C15H23N3S/c1-11(2)18(4)7-6-16-12(3)13-9-15-14(17-10-13)5-8-19-15/h5,8-12,16H,6-7H2,1-4H3. The number of aromatic nitrogens is 1. The predicted molar refractivity (Wildman–Crippen MR) is 83.8 cm³/mol. The average molecular weight is 277 g/mol. The number of hydrogen-bond donors (Lipinski definition) is 1. The molecule has 1 atom stereocenters. The fraction of sp³-hybridized carbons (Fsp3) is 0.533. The molecule has 0 saturated heterocycles. The summed E-state index contributed by atoms with van der Waals surface area (Å²) < 4.78 is 1.27. The lowest BCUT2D eigenvalue weighted by Crippen LogP contribution is -2.34. The Morgan fingerprint density at radius 3 is 2.89 bits per heavy atom. The topological polar surface area (TPSA) is 28.2 Å². The van der Waals surface area contributed by atoms with E-state index >= 15 is 0 Å². The van der Waals surface area contributed by atoms with Gasteiger partial charge in [0.1, 0.15) is 0 Å². The van der Waals surface area contributed by atoms with Gasteiger partial charge in [-0.25, -0.2) is 0 Å². The zero-order valence-electron chi connectivity index (χ0n) is 12.2. The molecule has 4 heteroatoms. The molecular weight excluding hydrogens is 254 g/mol. The second-order valence-electron chi connectivity index (χ2n) is 5.32. The molecule has 0 saturated carbocycles. The number of nitrogens with one attached hydrogen (secondary N) is 1. The molecule has 0 radical (unpaired) electrons. The van der Waals surface area contributed by atoms with Crippen LogP contribution < -0.4 is 5.32 Å². The van der Waals surface area contributed by atoms with E-state index in [1.807, 2.05) is 6.20 Å². The third-order valence-electron chi connectivity index (χ3n) is 3.62. The smallest absolute Gasteiger partial charge is 0.0809 e. The fourth-order valence-electron chi connectivity index (χ4n) is 1.93. The maximum atomic E-state index is 4.49. The number of likely N-dealkylation sites (N-methyl/N-ethyl adjacent to an activating group) is 1. The van der Waals surface area contributed by atoms with Crippen molar-refractivity contribution in [3.8, 4) is 0 Å². The first-order chi connectivity index (χ1) is 9.08. The van der Waals surface area contributed by atoms with Crippen LogP contribution in [-0.4, -0.2) is 36.1 Å². The summed E-state index contributed by atoms with van der Waals surface area (Å²) in [5, 5.41) is 5.66. The Labute approximate surface area is 119 Å². The first-order valence-corrected chi connectivity index (χ1v) is 7.72. The van der Waals surface area contributed by atoms with Crippen molar-refractivity contribution >= 4 is 21.6 Å². The summed E-state index contributed by atoms with van der Waals surface area (Å²) in [4.78, 5) is 6.84. The van der Waals surface area contributed by atoms with E-state index < -0.39 is 0 Å². The summed E-state index contributed by atoms with van der Waals surface area (Å²) >= 11 is 1.75. The van der Waals surface area contributed by atoms with E-state index in [1.54, 1.807) is 11.3 Å². The van der Waals surface area contributed by atoms with Gasteiger partial charge < -0.3 is 10.2 Å². The van der Waals surface area contributed by atoms with Gasteiger partial charge in [-0.1, -0.05) is 0 Å². The zero-order valence-corrected chi connectivity index (χ0v) is 13.0. The van der Waals surface area contributed by atoms with E-state index in [4.69, 9.17) is 0 Å². The molecule has 104 valence electrons. The Morgan fingerprint density at radius 1 is 1.37 bits per heavy atom. The monoisotopic (exact) mass is 277 g/mol. The van der Waals surface area contributed by atoms with E-state index in [0.29, 0.717) is 12.1 Å². The molecule has 2 heterocycles. The number of rotatable bonds is 6. The van der Waals surface area contributed by atoms with E-state index in [9.17, 15) is 0 Å². The van der Waals surface area contributed by atoms with Crippen LogP contribution >= 0.6 is 11.3 Å². The highest BCUT2D eigenvalue weighted by Gasteiger charge is 2.08. The number of fused-ring (bicyclic) bond motifs is 1. The van der Waals surface area contributed by atoms with Crippen molar-refractivity contribution in [3.05, 3.63) is 29.3 Å². The molecule has 0 spiro atoms. The molecule has 0 aliphatic carbocycles. The van der Waals surface area contributed by atoms with Crippen molar-refractivity contribution in [1.29, 1.82) is 0 Å². The van der Waals surface area contributed by atoms with Crippen molar-refractivity contribution in [2.75, 3.05) is 20.1 Å². The summed E-state index contributed by atoms with van der Waals surface area (Å²) in [6.07, 6.45) is 1.98. The van der Waals surface area contributed by atoms with Gasteiger partial charge in [-0.05, 0) is 50.9 Å². The van der Waals surface area contributed by atoms with E-state index in [0.717, 1.165) is 18.6 Å². The van der Waals surface area contributed by atoms with Crippen LogP contribution in [0.2, 0.25) is 0 Å². The van der Waals surface area contributed by atoms with Crippen LogP contribution in [0.3, 0.4) is 0 Å². The van der Waals surface area contributed by atoms with Gasteiger partial charge in [0, 0.05) is 31.4 Å². The van der Waals surface area contributed by atoms with Gasteiger partial charge in [0.25, 0.3) is 0 Å². The molecule has 0 aliphatic heterocycles. The number of nitrogens with zero attached hydrogens (tertiary/aromatic N) is 2. The minimum atomic E-state index is 0.347. The summed E-state index contributed by atoms with van der Waals surface area (Å²) in [6.45, 7) is 8.71. The number of thiophene rings is 1. The van der Waals surface area contributed by atoms with Crippen molar-refractivity contribution in [2.45, 2.75) is 32.9 Å². The highest BCUT2D eigenvalue weighted by atomic mass is 32.1. The van der Waals surface area contributed by atoms with Crippen LogP contribution in [0.5, 0.6) is 0 Å². The van der Waals surface area contributed by atoms with Gasteiger partial charge in [-0.3, -0.25) is 4.98 Å². The maximum Gasteiger partial charge on any atom is 0.0809 e. The average Bonchev–Trinajstić information content (AvgIpc) is 2.85. The lowest BCUT2D eigenvalue weighted by molar-refractivity contribution is 0.270. The Morgan fingerprint density at radius 2 is 2.16 bits per heavy atom. The highest BCUT2D eigenvalue weighted by Crippen LogP contribution is 2.22. The third kappa shape index (κ3) is 3.75. The molecule has 0 bridgehead atoms. The first-order valence-electron chi connectivity index (χ1n) is 6.84. The van der Waals surface area contributed by atoms with Gasteiger partial charge in [0.15, 0.2) is 0 Å². The van der Waals surface area contributed by atoms with Crippen LogP contribution in [0.1, 0.15) is 32.4 Å². The van der Waals surface area contributed by atoms with Gasteiger partial charge in [0.2, 0.25) is 0 Å². The molecule has 0 fully saturated rings. The van der Waals surface area contributed by atoms with Crippen molar-refractivity contribution in [2.24, 2.45) is 0 Å². The Balaban J connectivity index is 1.90. The zero-order chi connectivity index (χ0) is 13.8. The SMILES string of the molecule is CC(NCCN(C)C(C)C)c1cnc2ccsc2c1. The van der Waals surface area contributed by atoms with Crippen molar-refractivity contribution in [3.63, 3.8) is 0 Å². The summed E-state index contributed by atoms with van der Waals surface area (Å²) in [5.41, 5.74) is 2.36. The van der Waals surface area contributed by atoms with Crippen molar-refractivity contribution in [1.82, 2.24) is 15.2 Å². The van der Waals surface area contributed by atoms with E-state index in [1.165, 1.54) is 10.3 Å². The predicted octanol–water partition coefficient (Wildman–Crippen LogP) is 3.29. The molecule has 3 nitrogen and oxygen atoms in total. The Hall–Kier alpha value is -0.970. The second-order valence-corrected chi connectivity index (χ2v) is 6.27. The largest absolute Gasteiger partial charge is 0.309 e. The number of pyridine rings is 1. The molecule has 19 heavy (non-hydrogen) atoms. The van der Waals surface area contributed by atoms with Crippen LogP contribution in [0, 0.1) is 0 Å². The van der Waals surface area contributed by atoms with Gasteiger partial charge in [0.05, 0.1) is 10.2 Å². The normalized spacial score (nSPS) is 13.6. The van der Waals surface area contributed by atoms with Crippen LogP contribution in [0.4, 0.5) is 0 Å². The van der Waals surface area contributed by atoms with Crippen LogP contribution in [0.15, 0.2) is 23.7 Å². The molecular formula is C15H23N3S. The lowest BCUT2D eigenvalue weighted by atomic mass is 10.1. The maximum absolute atomic E-state index is 4.49. The van der Waals surface area contributed by atoms with Gasteiger partial charge in [-0.15, -0.1) is 11.3 Å². The molecule has 1 unspecified atom stereocenters. The molecule has 2 rings (SSSR count). The molecule has 0 aromatic carbocycles. The third-order valence-corrected chi connectivity index (χ3v) is 4.47. The summed E-state index contributed by atoms with van der Waals surface area (Å²) in [7, 11) is 2.16. The molecule has 0 amide bonds. The molecule has 0 aliphatic rings. The lowest BCUT2D eigenvalue weighted by Gasteiger charge is -2.22. The summed E-state index contributed by atoms with van der Waals surface area (Å²) in [5.74, 6) is 0. The number of hydrogen-bond acceptors (Lipinski definition) is 4. The fourth-order valence-corrected chi connectivity index (χ4v) is 2.72. The van der Waals surface area contributed by atoms with Crippen LogP contribution in [-0.2, 0) is 0 Å². The van der Waals surface area contributed by atoms with Crippen molar-refractivity contribution < 1.29 is 0 Å². The van der Waals surface area contributed by atoms with Gasteiger partial charge in [-0.2, -0.15) is 0 Å².